The lowest BCUT2D eigenvalue weighted by Crippen LogP contribution is -2.16. The summed E-state index contributed by atoms with van der Waals surface area (Å²) in [5, 5.41) is 4.62. The van der Waals surface area contributed by atoms with Gasteiger partial charge in [0.2, 0.25) is 0 Å². The van der Waals surface area contributed by atoms with Crippen LogP contribution in [0.25, 0.3) is 0 Å². The zero-order valence-electron chi connectivity index (χ0n) is 9.69. The van der Waals surface area contributed by atoms with Crippen molar-refractivity contribution in [2.75, 3.05) is 26.4 Å². The fraction of sp³-hybridized carbons (Fsp3) is 0.750. The molecule has 0 N–H and O–H groups in total. The average molecular weight is 222 g/mol. The largest absolute Gasteiger partial charge is 0.381 e. The zero-order valence-corrected chi connectivity index (χ0v) is 9.69. The predicted octanol–water partition coefficient (Wildman–Crippen LogP) is 1.66. The summed E-state index contributed by atoms with van der Waals surface area (Å²) in [6, 6.07) is 2.64. The van der Waals surface area contributed by atoms with E-state index >= 15 is 0 Å². The molecule has 2 atom stereocenters. The molecule has 4 nitrogen and oxygen atoms in total. The normalized spacial score (nSPS) is 30.1. The molecule has 16 heavy (non-hydrogen) atoms. The summed E-state index contributed by atoms with van der Waals surface area (Å²) in [5.41, 5.74) is 2.44. The standard InChI is InChI=1S/C12H18N2O2/c1-9-6-12(10-2-4-15-7-10)14(13-9)11-3-5-16-8-11/h6,10-11H,2-5,7-8H2,1H3. The number of hydrogen-bond donors (Lipinski definition) is 0. The lowest BCUT2D eigenvalue weighted by molar-refractivity contribution is 0.181. The molecule has 88 valence electrons. The van der Waals surface area contributed by atoms with E-state index in [4.69, 9.17) is 9.47 Å². The first kappa shape index (κ1) is 10.3. The van der Waals surface area contributed by atoms with E-state index in [1.807, 2.05) is 0 Å². The van der Waals surface area contributed by atoms with Crippen LogP contribution < -0.4 is 0 Å². The van der Waals surface area contributed by atoms with Crippen LogP contribution in [0.15, 0.2) is 6.07 Å². The number of ether oxygens (including phenoxy) is 2. The van der Waals surface area contributed by atoms with Crippen LogP contribution in [0.1, 0.15) is 36.2 Å². The van der Waals surface area contributed by atoms with Crippen LogP contribution in [-0.4, -0.2) is 36.2 Å². The van der Waals surface area contributed by atoms with Crippen molar-refractivity contribution in [2.24, 2.45) is 0 Å². The highest BCUT2D eigenvalue weighted by Crippen LogP contribution is 2.30. The molecule has 0 saturated carbocycles. The predicted molar refractivity (Wildman–Crippen MR) is 59.6 cm³/mol. The Morgan fingerprint density at radius 3 is 2.75 bits per heavy atom. The van der Waals surface area contributed by atoms with E-state index in [1.165, 1.54) is 5.69 Å². The van der Waals surface area contributed by atoms with Crippen LogP contribution in [0, 0.1) is 6.92 Å². The van der Waals surface area contributed by atoms with Gasteiger partial charge in [0, 0.05) is 24.8 Å². The van der Waals surface area contributed by atoms with E-state index in [9.17, 15) is 0 Å². The number of aryl methyl sites for hydroxylation is 1. The number of rotatable bonds is 2. The van der Waals surface area contributed by atoms with E-state index in [1.54, 1.807) is 0 Å². The van der Waals surface area contributed by atoms with E-state index in [-0.39, 0.29) is 0 Å². The number of aromatic nitrogens is 2. The minimum Gasteiger partial charge on any atom is -0.381 e. The Morgan fingerprint density at radius 2 is 2.06 bits per heavy atom. The third-order valence-electron chi connectivity index (χ3n) is 3.49. The van der Waals surface area contributed by atoms with Gasteiger partial charge in [-0.15, -0.1) is 0 Å². The molecule has 2 saturated heterocycles. The zero-order chi connectivity index (χ0) is 11.0. The second-order valence-electron chi connectivity index (χ2n) is 4.73. The Hall–Kier alpha value is -0.870. The van der Waals surface area contributed by atoms with Crippen LogP contribution >= 0.6 is 0 Å². The fourth-order valence-corrected chi connectivity index (χ4v) is 2.62. The SMILES string of the molecule is Cc1cc(C2CCOC2)n(C2CCOC2)n1. The van der Waals surface area contributed by atoms with Gasteiger partial charge in [-0.1, -0.05) is 0 Å². The van der Waals surface area contributed by atoms with Gasteiger partial charge in [0.25, 0.3) is 0 Å². The molecule has 0 amide bonds. The van der Waals surface area contributed by atoms with Crippen LogP contribution in [0.5, 0.6) is 0 Å². The Morgan fingerprint density at radius 1 is 1.25 bits per heavy atom. The molecule has 3 rings (SSSR count). The van der Waals surface area contributed by atoms with Gasteiger partial charge in [0.1, 0.15) is 0 Å². The second kappa shape index (κ2) is 4.18. The van der Waals surface area contributed by atoms with E-state index in [2.05, 4.69) is 22.8 Å². The molecule has 0 spiro atoms. The molecule has 2 fully saturated rings. The topological polar surface area (TPSA) is 36.3 Å². The van der Waals surface area contributed by atoms with Crippen molar-refractivity contribution in [3.8, 4) is 0 Å². The molecule has 0 aromatic carbocycles. The van der Waals surface area contributed by atoms with Crippen LogP contribution in [0.2, 0.25) is 0 Å². The summed E-state index contributed by atoms with van der Waals surface area (Å²) < 4.78 is 13.1. The first-order chi connectivity index (χ1) is 7.84. The molecule has 0 radical (unpaired) electrons. The van der Waals surface area contributed by atoms with Crippen molar-refractivity contribution in [1.82, 2.24) is 9.78 Å². The summed E-state index contributed by atoms with van der Waals surface area (Å²) in [4.78, 5) is 0. The highest BCUT2D eigenvalue weighted by Gasteiger charge is 2.27. The molecule has 1 aromatic heterocycles. The third-order valence-corrected chi connectivity index (χ3v) is 3.49. The summed E-state index contributed by atoms with van der Waals surface area (Å²) in [7, 11) is 0. The van der Waals surface area contributed by atoms with Crippen molar-refractivity contribution in [1.29, 1.82) is 0 Å². The Balaban J connectivity index is 1.90. The van der Waals surface area contributed by atoms with Gasteiger partial charge in [0.15, 0.2) is 0 Å². The highest BCUT2D eigenvalue weighted by molar-refractivity contribution is 5.16. The maximum atomic E-state index is 5.47. The Labute approximate surface area is 95.5 Å². The van der Waals surface area contributed by atoms with Gasteiger partial charge in [-0.25, -0.2) is 0 Å². The second-order valence-corrected chi connectivity index (χ2v) is 4.73. The van der Waals surface area contributed by atoms with E-state index in [0.717, 1.165) is 45.0 Å². The quantitative estimate of drug-likeness (QED) is 0.763. The van der Waals surface area contributed by atoms with Gasteiger partial charge in [-0.2, -0.15) is 5.10 Å². The first-order valence-corrected chi connectivity index (χ1v) is 6.06. The van der Waals surface area contributed by atoms with Crippen molar-refractivity contribution in [3.05, 3.63) is 17.5 Å². The molecular formula is C12H18N2O2. The van der Waals surface area contributed by atoms with E-state index < -0.39 is 0 Å². The van der Waals surface area contributed by atoms with Crippen molar-refractivity contribution in [2.45, 2.75) is 31.7 Å². The lowest BCUT2D eigenvalue weighted by Gasteiger charge is -2.16. The summed E-state index contributed by atoms with van der Waals surface area (Å²) in [6.45, 7) is 5.46. The van der Waals surface area contributed by atoms with Gasteiger partial charge >= 0.3 is 0 Å². The third kappa shape index (κ3) is 1.76. The average Bonchev–Trinajstić information content (AvgIpc) is 2.98. The summed E-state index contributed by atoms with van der Waals surface area (Å²) in [5.74, 6) is 0.529. The molecule has 0 bridgehead atoms. The minimum atomic E-state index is 0.435. The Kier molecular flexibility index (Phi) is 2.69. The lowest BCUT2D eigenvalue weighted by atomic mass is 10.0. The van der Waals surface area contributed by atoms with Crippen molar-refractivity contribution in [3.63, 3.8) is 0 Å². The van der Waals surface area contributed by atoms with Gasteiger partial charge in [0.05, 0.1) is 24.9 Å². The van der Waals surface area contributed by atoms with Gasteiger partial charge in [-0.3, -0.25) is 4.68 Å². The van der Waals surface area contributed by atoms with E-state index in [0.29, 0.717) is 12.0 Å². The molecule has 3 heterocycles. The molecule has 1 aromatic rings. The minimum absolute atomic E-state index is 0.435. The molecule has 0 aliphatic carbocycles. The molecule has 2 aliphatic heterocycles. The van der Waals surface area contributed by atoms with Crippen LogP contribution in [0.3, 0.4) is 0 Å². The maximum absolute atomic E-state index is 5.47. The first-order valence-electron chi connectivity index (χ1n) is 6.06. The molecule has 2 aliphatic rings. The highest BCUT2D eigenvalue weighted by atomic mass is 16.5. The van der Waals surface area contributed by atoms with Gasteiger partial charge < -0.3 is 9.47 Å². The van der Waals surface area contributed by atoms with Crippen LogP contribution in [0.4, 0.5) is 0 Å². The molecule has 4 heteroatoms. The molecule has 2 unspecified atom stereocenters. The number of hydrogen-bond acceptors (Lipinski definition) is 3. The fourth-order valence-electron chi connectivity index (χ4n) is 2.62. The maximum Gasteiger partial charge on any atom is 0.0777 e. The van der Waals surface area contributed by atoms with Gasteiger partial charge in [-0.05, 0) is 25.8 Å². The molecular weight excluding hydrogens is 204 g/mol. The smallest absolute Gasteiger partial charge is 0.0777 e. The van der Waals surface area contributed by atoms with Crippen molar-refractivity contribution >= 4 is 0 Å². The Bertz CT molecular complexity index is 330. The van der Waals surface area contributed by atoms with Crippen molar-refractivity contribution < 1.29 is 9.47 Å². The monoisotopic (exact) mass is 222 g/mol. The number of nitrogens with zero attached hydrogens (tertiary/aromatic N) is 2. The summed E-state index contributed by atoms with van der Waals surface area (Å²) in [6.07, 6.45) is 2.21. The summed E-state index contributed by atoms with van der Waals surface area (Å²) >= 11 is 0. The van der Waals surface area contributed by atoms with Crippen LogP contribution in [-0.2, 0) is 9.47 Å².